The van der Waals surface area contributed by atoms with Crippen molar-refractivity contribution in [1.82, 2.24) is 20.8 Å². The van der Waals surface area contributed by atoms with Gasteiger partial charge in [0.25, 0.3) is 0 Å². The first kappa shape index (κ1) is 19.1. The minimum absolute atomic E-state index is 0.187. The summed E-state index contributed by atoms with van der Waals surface area (Å²) in [6.07, 6.45) is 0. The van der Waals surface area contributed by atoms with Gasteiger partial charge in [-0.2, -0.15) is 4.98 Å². The average molecular weight is 445 g/mol. The predicted octanol–water partition coefficient (Wildman–Crippen LogP) is 4.31. The number of ether oxygens (including phenoxy) is 2. The third-order valence-corrected chi connectivity index (χ3v) is 6.41. The van der Waals surface area contributed by atoms with Crippen molar-refractivity contribution < 1.29 is 14.0 Å². The number of hydrogen-bond donors (Lipinski definition) is 2. The van der Waals surface area contributed by atoms with Crippen molar-refractivity contribution in [2.45, 2.75) is 24.6 Å². The first-order valence-corrected chi connectivity index (χ1v) is 10.7. The second-order valence-electron chi connectivity index (χ2n) is 8.15. The molecule has 1 fully saturated rings. The van der Waals surface area contributed by atoms with Gasteiger partial charge in [0.1, 0.15) is 17.4 Å². The van der Waals surface area contributed by atoms with Crippen molar-refractivity contribution in [3.63, 3.8) is 0 Å². The first-order chi connectivity index (χ1) is 15.6. The second-order valence-corrected chi connectivity index (χ2v) is 8.55. The van der Waals surface area contributed by atoms with Crippen LogP contribution < -0.4 is 20.1 Å². The molecule has 0 radical (unpaired) electrons. The highest BCUT2D eigenvalue weighted by molar-refractivity contribution is 7.80. The van der Waals surface area contributed by atoms with Crippen LogP contribution in [0.25, 0.3) is 22.2 Å². The molecule has 32 heavy (non-hydrogen) atoms. The van der Waals surface area contributed by atoms with Gasteiger partial charge in [-0.1, -0.05) is 35.5 Å². The Morgan fingerprint density at radius 3 is 2.69 bits per heavy atom. The predicted molar refractivity (Wildman–Crippen MR) is 124 cm³/mol. The summed E-state index contributed by atoms with van der Waals surface area (Å²) in [5, 5.41) is 13.7. The van der Waals surface area contributed by atoms with Gasteiger partial charge in [0, 0.05) is 11.1 Å². The van der Waals surface area contributed by atoms with E-state index in [1.807, 2.05) is 49.4 Å². The summed E-state index contributed by atoms with van der Waals surface area (Å²) in [5.74, 6) is 2.27. The molecule has 1 saturated heterocycles. The van der Waals surface area contributed by atoms with Gasteiger partial charge in [0.15, 0.2) is 10.8 Å². The molecule has 0 spiro atoms. The van der Waals surface area contributed by atoms with Crippen LogP contribution in [0.2, 0.25) is 0 Å². The molecule has 3 atom stereocenters. The van der Waals surface area contributed by atoms with Gasteiger partial charge in [0.2, 0.25) is 11.7 Å². The van der Waals surface area contributed by atoms with Gasteiger partial charge < -0.3 is 24.6 Å². The molecule has 4 aromatic rings. The fourth-order valence-electron chi connectivity index (χ4n) is 4.72. The lowest BCUT2D eigenvalue weighted by atomic mass is 9.79. The number of thiocarbonyl (C=S) groups is 1. The molecule has 2 aliphatic heterocycles. The third-order valence-electron chi connectivity index (χ3n) is 6.19. The molecule has 0 amide bonds. The SMILES string of the molecule is COc1ccc(-c2noc(C3C4NC(=S)NC3(C)Oc3ccc5ccccc5c34)n2)cc1. The van der Waals surface area contributed by atoms with E-state index in [4.69, 9.17) is 31.2 Å². The highest BCUT2D eigenvalue weighted by Crippen LogP contribution is 2.51. The Morgan fingerprint density at radius 1 is 1.06 bits per heavy atom. The highest BCUT2D eigenvalue weighted by Gasteiger charge is 2.55. The van der Waals surface area contributed by atoms with Crippen molar-refractivity contribution in [3.05, 3.63) is 72.1 Å². The van der Waals surface area contributed by atoms with Gasteiger partial charge in [0.05, 0.1) is 13.2 Å². The second kappa shape index (κ2) is 6.93. The van der Waals surface area contributed by atoms with Crippen molar-refractivity contribution in [1.29, 1.82) is 0 Å². The number of nitrogens with zero attached hydrogens (tertiary/aromatic N) is 2. The zero-order valence-electron chi connectivity index (χ0n) is 17.5. The number of benzene rings is 3. The maximum atomic E-state index is 6.50. The molecule has 0 saturated carbocycles. The number of aromatic nitrogens is 2. The molecular weight excluding hydrogens is 424 g/mol. The Balaban J connectivity index is 1.48. The zero-order chi connectivity index (χ0) is 21.9. The Morgan fingerprint density at radius 2 is 1.88 bits per heavy atom. The monoisotopic (exact) mass is 444 g/mol. The Kier molecular flexibility index (Phi) is 4.13. The molecule has 160 valence electrons. The van der Waals surface area contributed by atoms with Gasteiger partial charge in [-0.05, 0) is 60.2 Å². The van der Waals surface area contributed by atoms with Crippen molar-refractivity contribution in [2.24, 2.45) is 0 Å². The maximum absolute atomic E-state index is 6.50. The van der Waals surface area contributed by atoms with E-state index < -0.39 is 5.72 Å². The number of methoxy groups -OCH3 is 1. The number of fused-ring (bicyclic) bond motifs is 6. The highest BCUT2D eigenvalue weighted by atomic mass is 32.1. The summed E-state index contributed by atoms with van der Waals surface area (Å²) in [6, 6.07) is 19.7. The molecule has 2 bridgehead atoms. The van der Waals surface area contributed by atoms with Crippen LogP contribution in [0.1, 0.15) is 30.3 Å². The summed E-state index contributed by atoms with van der Waals surface area (Å²) in [5.41, 5.74) is 1.04. The van der Waals surface area contributed by atoms with Gasteiger partial charge in [-0.15, -0.1) is 0 Å². The Bertz CT molecular complexity index is 1350. The molecule has 3 heterocycles. The fourth-order valence-corrected chi connectivity index (χ4v) is 5.05. The van der Waals surface area contributed by atoms with Crippen LogP contribution in [0.15, 0.2) is 65.2 Å². The van der Waals surface area contributed by atoms with E-state index in [-0.39, 0.29) is 12.0 Å². The minimum atomic E-state index is -0.841. The van der Waals surface area contributed by atoms with Gasteiger partial charge in [-0.25, -0.2) is 0 Å². The van der Waals surface area contributed by atoms with E-state index in [1.165, 1.54) is 0 Å². The number of nitrogens with one attached hydrogen (secondary N) is 2. The van der Waals surface area contributed by atoms with Crippen LogP contribution >= 0.6 is 12.2 Å². The molecule has 2 N–H and O–H groups in total. The van der Waals surface area contributed by atoms with Crippen LogP contribution in [-0.2, 0) is 0 Å². The quantitative estimate of drug-likeness (QED) is 0.453. The van der Waals surface area contributed by atoms with Gasteiger partial charge >= 0.3 is 0 Å². The molecule has 7 nitrogen and oxygen atoms in total. The third kappa shape index (κ3) is 2.83. The van der Waals surface area contributed by atoms with Crippen LogP contribution in [0.3, 0.4) is 0 Å². The number of rotatable bonds is 3. The average Bonchev–Trinajstić information content (AvgIpc) is 3.27. The lowest BCUT2D eigenvalue weighted by Gasteiger charge is -2.50. The van der Waals surface area contributed by atoms with Crippen LogP contribution in [0.5, 0.6) is 11.5 Å². The Labute approximate surface area is 189 Å². The Hall–Kier alpha value is -3.65. The van der Waals surface area contributed by atoms with E-state index in [1.54, 1.807) is 7.11 Å². The van der Waals surface area contributed by atoms with Crippen molar-refractivity contribution >= 4 is 28.1 Å². The molecule has 1 aromatic heterocycles. The van der Waals surface area contributed by atoms with Crippen LogP contribution in [0.4, 0.5) is 0 Å². The summed E-state index contributed by atoms with van der Waals surface area (Å²) in [6.45, 7) is 1.97. The molecule has 3 aromatic carbocycles. The lowest BCUT2D eigenvalue weighted by molar-refractivity contribution is -0.00961. The molecular formula is C24H20N4O3S. The minimum Gasteiger partial charge on any atom is -0.497 e. The van der Waals surface area contributed by atoms with E-state index in [2.05, 4.69) is 34.0 Å². The summed E-state index contributed by atoms with van der Waals surface area (Å²) in [4.78, 5) is 4.74. The van der Waals surface area contributed by atoms with Crippen LogP contribution in [0, 0.1) is 0 Å². The first-order valence-electron chi connectivity index (χ1n) is 10.3. The van der Waals surface area contributed by atoms with Crippen molar-refractivity contribution in [2.75, 3.05) is 7.11 Å². The van der Waals surface area contributed by atoms with Crippen molar-refractivity contribution in [3.8, 4) is 22.9 Å². The maximum Gasteiger partial charge on any atom is 0.238 e. The van der Waals surface area contributed by atoms with E-state index in [0.29, 0.717) is 16.8 Å². The van der Waals surface area contributed by atoms with Crippen LogP contribution in [-0.4, -0.2) is 28.1 Å². The molecule has 6 rings (SSSR count). The largest absolute Gasteiger partial charge is 0.497 e. The molecule has 3 unspecified atom stereocenters. The standard InChI is InChI=1S/C24H20N4O3S/c1-24-19(22-26-21(28-31-22)14-7-10-15(29-2)11-8-14)20(25-23(32)27-24)18-16-6-4-3-5-13(16)9-12-17(18)30-24/h3-12,19-20H,1-2H3,(H2,25,27,32). The van der Waals surface area contributed by atoms with E-state index >= 15 is 0 Å². The normalized spacial score (nSPS) is 23.6. The summed E-state index contributed by atoms with van der Waals surface area (Å²) >= 11 is 5.51. The summed E-state index contributed by atoms with van der Waals surface area (Å²) in [7, 11) is 1.63. The van der Waals surface area contributed by atoms with E-state index in [0.717, 1.165) is 33.4 Å². The van der Waals surface area contributed by atoms with Gasteiger partial charge in [-0.3, -0.25) is 0 Å². The fraction of sp³-hybridized carbons (Fsp3) is 0.208. The lowest BCUT2D eigenvalue weighted by Crippen LogP contribution is -2.67. The molecule has 8 heteroatoms. The smallest absolute Gasteiger partial charge is 0.238 e. The molecule has 2 aliphatic rings. The summed E-state index contributed by atoms with van der Waals surface area (Å²) < 4.78 is 17.5. The zero-order valence-corrected chi connectivity index (χ0v) is 18.3. The topological polar surface area (TPSA) is 81.4 Å². The number of hydrogen-bond acceptors (Lipinski definition) is 6. The molecule has 0 aliphatic carbocycles. The van der Waals surface area contributed by atoms with E-state index in [9.17, 15) is 0 Å².